The second kappa shape index (κ2) is 5.71. The van der Waals surface area contributed by atoms with Crippen molar-refractivity contribution in [3.8, 4) is 0 Å². The summed E-state index contributed by atoms with van der Waals surface area (Å²) in [7, 11) is 0.526. The fourth-order valence-corrected chi connectivity index (χ4v) is 4.41. The lowest BCUT2D eigenvalue weighted by molar-refractivity contribution is 0.302. The van der Waals surface area contributed by atoms with E-state index in [9.17, 15) is 8.42 Å². The van der Waals surface area contributed by atoms with E-state index in [4.69, 9.17) is 5.73 Å². The van der Waals surface area contributed by atoms with Gasteiger partial charge in [-0.25, -0.2) is 8.42 Å². The number of hydrogen-bond acceptors (Lipinski definition) is 4. The van der Waals surface area contributed by atoms with Gasteiger partial charge < -0.3 is 10.6 Å². The maximum Gasteiger partial charge on any atom is 0.243 e. The number of nitrogens with zero attached hydrogens (tertiary/aromatic N) is 2. The lowest BCUT2D eigenvalue weighted by atomic mass is 10.1. The molecule has 1 fully saturated rings. The Labute approximate surface area is 121 Å². The van der Waals surface area contributed by atoms with E-state index in [1.807, 2.05) is 27.1 Å². The van der Waals surface area contributed by atoms with Crippen molar-refractivity contribution in [2.45, 2.75) is 30.7 Å². The van der Waals surface area contributed by atoms with Crippen LogP contribution in [0.2, 0.25) is 0 Å². The van der Waals surface area contributed by atoms with Gasteiger partial charge in [-0.15, -0.1) is 0 Å². The smallest absolute Gasteiger partial charge is 0.243 e. The molecule has 0 aliphatic carbocycles. The molecule has 0 saturated carbocycles. The van der Waals surface area contributed by atoms with Gasteiger partial charge in [-0.05, 0) is 44.6 Å². The minimum absolute atomic E-state index is 0.288. The number of hydrogen-bond donors (Lipinski definition) is 1. The van der Waals surface area contributed by atoms with Crippen molar-refractivity contribution in [2.24, 2.45) is 0 Å². The molecule has 0 spiro atoms. The lowest BCUT2D eigenvalue weighted by Gasteiger charge is -2.21. The summed E-state index contributed by atoms with van der Waals surface area (Å²) < 4.78 is 27.1. The molecular formula is C14H23N3O2S. The predicted molar refractivity (Wildman–Crippen MR) is 81.1 cm³/mol. The monoisotopic (exact) mass is 297 g/mol. The van der Waals surface area contributed by atoms with Crippen molar-refractivity contribution >= 4 is 15.7 Å². The Kier molecular flexibility index (Phi) is 4.36. The summed E-state index contributed by atoms with van der Waals surface area (Å²) in [5.41, 5.74) is 7.08. The molecule has 1 heterocycles. The molecule has 0 bridgehead atoms. The molecule has 1 aromatic carbocycles. The van der Waals surface area contributed by atoms with Gasteiger partial charge in [-0.3, -0.25) is 0 Å². The number of nitrogen functional groups attached to an aromatic ring is 1. The van der Waals surface area contributed by atoms with E-state index in [-0.39, 0.29) is 6.04 Å². The van der Waals surface area contributed by atoms with E-state index in [2.05, 4.69) is 4.90 Å². The van der Waals surface area contributed by atoms with Crippen LogP contribution in [0.15, 0.2) is 23.1 Å². The summed E-state index contributed by atoms with van der Waals surface area (Å²) in [6.07, 6.45) is 1.55. The van der Waals surface area contributed by atoms with Crippen LogP contribution in [0, 0.1) is 0 Å². The first-order valence-electron chi connectivity index (χ1n) is 6.91. The van der Waals surface area contributed by atoms with Crippen LogP contribution in [0.1, 0.15) is 18.9 Å². The molecule has 1 saturated heterocycles. The normalized spacial score (nSPS) is 20.7. The van der Waals surface area contributed by atoms with Crippen LogP contribution in [0.4, 0.5) is 5.69 Å². The average Bonchev–Trinajstić information content (AvgIpc) is 2.89. The molecule has 0 aromatic heterocycles. The molecule has 1 unspecified atom stereocenters. The zero-order valence-electron chi connectivity index (χ0n) is 12.3. The lowest BCUT2D eigenvalue weighted by Crippen LogP contribution is -2.34. The van der Waals surface area contributed by atoms with E-state index in [1.54, 1.807) is 16.4 Å². The van der Waals surface area contributed by atoms with Gasteiger partial charge in [-0.2, -0.15) is 4.31 Å². The summed E-state index contributed by atoms with van der Waals surface area (Å²) in [4.78, 5) is 2.44. The summed E-state index contributed by atoms with van der Waals surface area (Å²) in [6.45, 7) is 3.08. The van der Waals surface area contributed by atoms with Crippen LogP contribution in [0.3, 0.4) is 0 Å². The van der Waals surface area contributed by atoms with Gasteiger partial charge in [0, 0.05) is 24.8 Å². The average molecular weight is 297 g/mol. The van der Waals surface area contributed by atoms with Gasteiger partial charge >= 0.3 is 0 Å². The highest BCUT2D eigenvalue weighted by molar-refractivity contribution is 7.89. The number of aryl methyl sites for hydroxylation is 1. The standard InChI is InChI=1S/C14H23N3O2S/c1-4-11-5-6-12(15)9-14(11)20(18,19)17-8-7-13(10-17)16(2)3/h5-6,9,13H,4,7-8,10,15H2,1-3H3. The highest BCUT2D eigenvalue weighted by Gasteiger charge is 2.34. The Morgan fingerprint density at radius 3 is 2.65 bits per heavy atom. The molecule has 1 atom stereocenters. The van der Waals surface area contributed by atoms with Crippen molar-refractivity contribution in [3.63, 3.8) is 0 Å². The third kappa shape index (κ3) is 2.82. The topological polar surface area (TPSA) is 66.6 Å². The van der Waals surface area contributed by atoms with Gasteiger partial charge in [-0.1, -0.05) is 13.0 Å². The minimum atomic E-state index is -3.44. The number of rotatable bonds is 4. The molecule has 6 heteroatoms. The molecule has 1 aliphatic rings. The second-order valence-electron chi connectivity index (χ2n) is 5.49. The Morgan fingerprint density at radius 2 is 2.10 bits per heavy atom. The Bertz CT molecular complexity index is 584. The van der Waals surface area contributed by atoms with E-state index >= 15 is 0 Å². The Hall–Kier alpha value is -1.11. The van der Waals surface area contributed by atoms with Gasteiger partial charge in [0.15, 0.2) is 0 Å². The number of likely N-dealkylation sites (N-methyl/N-ethyl adjacent to an activating group) is 1. The largest absolute Gasteiger partial charge is 0.399 e. The van der Waals surface area contributed by atoms with Crippen molar-refractivity contribution in [1.82, 2.24) is 9.21 Å². The molecule has 2 N–H and O–H groups in total. The summed E-state index contributed by atoms with van der Waals surface area (Å²) in [5, 5.41) is 0. The SMILES string of the molecule is CCc1ccc(N)cc1S(=O)(=O)N1CCC(N(C)C)C1. The molecule has 0 amide bonds. The van der Waals surface area contributed by atoms with E-state index < -0.39 is 10.0 Å². The van der Waals surface area contributed by atoms with E-state index in [0.29, 0.717) is 30.1 Å². The van der Waals surface area contributed by atoms with Gasteiger partial charge in [0.1, 0.15) is 0 Å². The highest BCUT2D eigenvalue weighted by Crippen LogP contribution is 2.27. The third-order valence-corrected chi connectivity index (χ3v) is 5.89. The van der Waals surface area contributed by atoms with Crippen molar-refractivity contribution in [2.75, 3.05) is 32.9 Å². The Balaban J connectivity index is 2.34. The zero-order chi connectivity index (χ0) is 14.9. The van der Waals surface area contributed by atoms with Crippen LogP contribution in [-0.4, -0.2) is 50.8 Å². The van der Waals surface area contributed by atoms with Crippen LogP contribution in [0.5, 0.6) is 0 Å². The number of nitrogens with two attached hydrogens (primary N) is 1. The van der Waals surface area contributed by atoms with Crippen molar-refractivity contribution < 1.29 is 8.42 Å². The number of sulfonamides is 1. The van der Waals surface area contributed by atoms with Gasteiger partial charge in [0.05, 0.1) is 4.90 Å². The molecule has 0 radical (unpaired) electrons. The maximum absolute atomic E-state index is 12.8. The summed E-state index contributed by atoms with van der Waals surface area (Å²) in [6, 6.07) is 5.43. The number of benzene rings is 1. The second-order valence-corrected chi connectivity index (χ2v) is 7.40. The van der Waals surface area contributed by atoms with E-state index in [0.717, 1.165) is 12.0 Å². The van der Waals surface area contributed by atoms with Crippen LogP contribution in [0.25, 0.3) is 0 Å². The molecule has 1 aliphatic heterocycles. The maximum atomic E-state index is 12.8. The van der Waals surface area contributed by atoms with Crippen molar-refractivity contribution in [3.05, 3.63) is 23.8 Å². The van der Waals surface area contributed by atoms with Gasteiger partial charge in [0.2, 0.25) is 10.0 Å². The molecule has 5 nitrogen and oxygen atoms in total. The molecule has 2 rings (SSSR count). The first kappa shape index (κ1) is 15.3. The first-order valence-corrected chi connectivity index (χ1v) is 8.35. The summed E-state index contributed by atoms with van der Waals surface area (Å²) in [5.74, 6) is 0. The quantitative estimate of drug-likeness (QED) is 0.847. The first-order chi connectivity index (χ1) is 9.36. The van der Waals surface area contributed by atoms with Gasteiger partial charge in [0.25, 0.3) is 0 Å². The van der Waals surface area contributed by atoms with Crippen LogP contribution < -0.4 is 5.73 Å². The van der Waals surface area contributed by atoms with E-state index in [1.165, 1.54) is 0 Å². The fourth-order valence-electron chi connectivity index (χ4n) is 2.59. The molecule has 112 valence electrons. The zero-order valence-corrected chi connectivity index (χ0v) is 13.2. The number of anilines is 1. The Morgan fingerprint density at radius 1 is 1.40 bits per heavy atom. The van der Waals surface area contributed by atoms with Crippen LogP contribution in [-0.2, 0) is 16.4 Å². The third-order valence-electron chi connectivity index (χ3n) is 3.95. The molecular weight excluding hydrogens is 274 g/mol. The highest BCUT2D eigenvalue weighted by atomic mass is 32.2. The molecule has 20 heavy (non-hydrogen) atoms. The van der Waals surface area contributed by atoms with Crippen LogP contribution >= 0.6 is 0 Å². The fraction of sp³-hybridized carbons (Fsp3) is 0.571. The van der Waals surface area contributed by atoms with Crippen molar-refractivity contribution in [1.29, 1.82) is 0 Å². The minimum Gasteiger partial charge on any atom is -0.399 e. The summed E-state index contributed by atoms with van der Waals surface area (Å²) >= 11 is 0. The predicted octanol–water partition coefficient (Wildman–Crippen LogP) is 1.16. The molecule has 1 aromatic rings.